The Labute approximate surface area is 60.1 Å². The Kier molecular flexibility index (Phi) is 1.49. The number of anilines is 2. The maximum Gasteiger partial charge on any atom is 0.125 e. The summed E-state index contributed by atoms with van der Waals surface area (Å²) < 4.78 is 0. The van der Waals surface area contributed by atoms with Crippen LogP contribution in [0.3, 0.4) is 0 Å². The van der Waals surface area contributed by atoms with E-state index >= 15 is 0 Å². The van der Waals surface area contributed by atoms with Crippen molar-refractivity contribution in [3.63, 3.8) is 0 Å². The first-order chi connectivity index (χ1) is 4.61. The molecular weight excluding hydrogens is 126 g/mol. The summed E-state index contributed by atoms with van der Waals surface area (Å²) in [5.74, 6) is 0.487. The molecule has 1 aromatic rings. The molecule has 1 aromatic heterocycles. The Bertz CT molecular complexity index is 232. The zero-order chi connectivity index (χ0) is 7.72. The van der Waals surface area contributed by atoms with Crippen LogP contribution >= 0.6 is 0 Å². The molecule has 0 aliphatic rings. The van der Waals surface area contributed by atoms with Gasteiger partial charge in [-0.1, -0.05) is 0 Å². The molecule has 54 valence electrons. The minimum Gasteiger partial charge on any atom is -0.398 e. The summed E-state index contributed by atoms with van der Waals surface area (Å²) in [5, 5.41) is 0. The summed E-state index contributed by atoms with van der Waals surface area (Å²) in [6, 6.07) is 1.67. The third-order valence-corrected chi connectivity index (χ3v) is 1.58. The predicted octanol–water partition coefficient (Wildman–Crippen LogP) is 0.863. The molecule has 0 saturated heterocycles. The van der Waals surface area contributed by atoms with Crippen molar-refractivity contribution >= 4 is 11.5 Å². The summed E-state index contributed by atoms with van der Waals surface area (Å²) in [7, 11) is 0. The predicted molar refractivity (Wildman–Crippen MR) is 42.5 cm³/mol. The third kappa shape index (κ3) is 1.03. The summed E-state index contributed by atoms with van der Waals surface area (Å²) in [4.78, 5) is 4.03. The Morgan fingerprint density at radius 1 is 1.30 bits per heavy atom. The SMILES string of the molecule is Cc1nc(N)cc(N)c1C. The van der Waals surface area contributed by atoms with Crippen LogP contribution in [-0.2, 0) is 0 Å². The van der Waals surface area contributed by atoms with Crippen LogP contribution in [0.1, 0.15) is 11.3 Å². The molecule has 0 unspecified atom stereocenters. The van der Waals surface area contributed by atoms with Gasteiger partial charge in [0, 0.05) is 17.4 Å². The number of hydrogen-bond acceptors (Lipinski definition) is 3. The average Bonchev–Trinajstić information content (AvgIpc) is 1.82. The monoisotopic (exact) mass is 137 g/mol. The van der Waals surface area contributed by atoms with Gasteiger partial charge in [-0.2, -0.15) is 0 Å². The number of aromatic nitrogens is 1. The van der Waals surface area contributed by atoms with Crippen LogP contribution in [-0.4, -0.2) is 4.98 Å². The van der Waals surface area contributed by atoms with E-state index in [4.69, 9.17) is 11.5 Å². The Balaban J connectivity index is 3.31. The minimum atomic E-state index is 0.487. The lowest BCUT2D eigenvalue weighted by atomic mass is 10.2. The van der Waals surface area contributed by atoms with E-state index in [2.05, 4.69) is 4.98 Å². The van der Waals surface area contributed by atoms with Gasteiger partial charge >= 0.3 is 0 Å². The van der Waals surface area contributed by atoms with Crippen LogP contribution < -0.4 is 11.5 Å². The molecule has 1 heterocycles. The van der Waals surface area contributed by atoms with Gasteiger partial charge in [-0.05, 0) is 19.4 Å². The summed E-state index contributed by atoms with van der Waals surface area (Å²) >= 11 is 0. The van der Waals surface area contributed by atoms with E-state index in [9.17, 15) is 0 Å². The van der Waals surface area contributed by atoms with Crippen molar-refractivity contribution in [3.05, 3.63) is 17.3 Å². The maximum absolute atomic E-state index is 5.60. The van der Waals surface area contributed by atoms with Gasteiger partial charge in [0.05, 0.1) is 0 Å². The second kappa shape index (κ2) is 2.17. The van der Waals surface area contributed by atoms with E-state index in [-0.39, 0.29) is 0 Å². The third-order valence-electron chi connectivity index (χ3n) is 1.58. The Hall–Kier alpha value is -1.25. The Morgan fingerprint density at radius 3 is 2.40 bits per heavy atom. The van der Waals surface area contributed by atoms with E-state index < -0.39 is 0 Å². The summed E-state index contributed by atoms with van der Waals surface area (Å²) in [6.45, 7) is 3.82. The molecule has 0 fully saturated rings. The van der Waals surface area contributed by atoms with Crippen LogP contribution in [0.15, 0.2) is 6.07 Å². The highest BCUT2D eigenvalue weighted by Crippen LogP contribution is 2.15. The molecular formula is C7H11N3. The van der Waals surface area contributed by atoms with Crippen molar-refractivity contribution in [1.29, 1.82) is 0 Å². The number of nitrogens with two attached hydrogens (primary N) is 2. The fourth-order valence-electron chi connectivity index (χ4n) is 0.786. The molecule has 0 bridgehead atoms. The van der Waals surface area contributed by atoms with Crippen LogP contribution in [0.5, 0.6) is 0 Å². The highest BCUT2D eigenvalue weighted by molar-refractivity contribution is 5.54. The number of rotatable bonds is 0. The number of pyridine rings is 1. The van der Waals surface area contributed by atoms with Crippen LogP contribution in [0.4, 0.5) is 11.5 Å². The molecule has 4 N–H and O–H groups in total. The molecule has 3 heteroatoms. The number of hydrogen-bond donors (Lipinski definition) is 2. The smallest absolute Gasteiger partial charge is 0.125 e. The van der Waals surface area contributed by atoms with Crippen molar-refractivity contribution in [2.75, 3.05) is 11.5 Å². The van der Waals surface area contributed by atoms with Crippen molar-refractivity contribution in [2.45, 2.75) is 13.8 Å². The molecule has 10 heavy (non-hydrogen) atoms. The molecule has 0 amide bonds. The van der Waals surface area contributed by atoms with E-state index in [0.29, 0.717) is 11.5 Å². The largest absolute Gasteiger partial charge is 0.398 e. The lowest BCUT2D eigenvalue weighted by Gasteiger charge is -2.03. The van der Waals surface area contributed by atoms with Crippen LogP contribution in [0.2, 0.25) is 0 Å². The van der Waals surface area contributed by atoms with Gasteiger partial charge in [0.2, 0.25) is 0 Å². The van der Waals surface area contributed by atoms with Crippen molar-refractivity contribution in [3.8, 4) is 0 Å². The lowest BCUT2D eigenvalue weighted by Crippen LogP contribution is -1.99. The fraction of sp³-hybridized carbons (Fsp3) is 0.286. The molecule has 3 nitrogen and oxygen atoms in total. The topological polar surface area (TPSA) is 64.9 Å². The second-order valence-corrected chi connectivity index (χ2v) is 2.35. The van der Waals surface area contributed by atoms with Gasteiger partial charge in [0.25, 0.3) is 0 Å². The summed E-state index contributed by atoms with van der Waals surface area (Å²) in [6.07, 6.45) is 0. The molecule has 0 spiro atoms. The maximum atomic E-state index is 5.60. The molecule has 0 saturated carbocycles. The molecule has 0 aliphatic heterocycles. The van der Waals surface area contributed by atoms with Gasteiger partial charge in [0.1, 0.15) is 5.82 Å². The van der Waals surface area contributed by atoms with Gasteiger partial charge in [-0.3, -0.25) is 0 Å². The van der Waals surface area contributed by atoms with E-state index in [1.54, 1.807) is 6.07 Å². The molecule has 0 radical (unpaired) electrons. The molecule has 1 rings (SSSR count). The first-order valence-corrected chi connectivity index (χ1v) is 3.10. The fourth-order valence-corrected chi connectivity index (χ4v) is 0.786. The molecule has 0 aromatic carbocycles. The van der Waals surface area contributed by atoms with Crippen molar-refractivity contribution in [2.24, 2.45) is 0 Å². The second-order valence-electron chi connectivity index (χ2n) is 2.35. The lowest BCUT2D eigenvalue weighted by molar-refractivity contribution is 1.16. The Morgan fingerprint density at radius 2 is 1.90 bits per heavy atom. The quantitative estimate of drug-likeness (QED) is 0.557. The van der Waals surface area contributed by atoms with E-state index in [1.165, 1.54) is 0 Å². The van der Waals surface area contributed by atoms with E-state index in [0.717, 1.165) is 11.3 Å². The standard InChI is InChI=1S/C7H11N3/c1-4-5(2)10-7(9)3-6(4)8/h3H,1-2H3,(H4,8,9,10). The molecule has 0 aliphatic carbocycles. The number of aryl methyl sites for hydroxylation is 1. The van der Waals surface area contributed by atoms with Crippen LogP contribution in [0.25, 0.3) is 0 Å². The van der Waals surface area contributed by atoms with Gasteiger partial charge in [0.15, 0.2) is 0 Å². The van der Waals surface area contributed by atoms with Gasteiger partial charge < -0.3 is 11.5 Å². The molecule has 0 atom stereocenters. The average molecular weight is 137 g/mol. The number of nitrogen functional groups attached to an aromatic ring is 2. The number of nitrogens with zero attached hydrogens (tertiary/aromatic N) is 1. The summed E-state index contributed by atoms with van der Waals surface area (Å²) in [5.41, 5.74) is 13.7. The normalized spacial score (nSPS) is 9.80. The first kappa shape index (κ1) is 6.86. The van der Waals surface area contributed by atoms with E-state index in [1.807, 2.05) is 13.8 Å². The zero-order valence-corrected chi connectivity index (χ0v) is 6.18. The van der Waals surface area contributed by atoms with Gasteiger partial charge in [-0.15, -0.1) is 0 Å². The van der Waals surface area contributed by atoms with Crippen molar-refractivity contribution in [1.82, 2.24) is 4.98 Å². The van der Waals surface area contributed by atoms with Crippen LogP contribution in [0, 0.1) is 13.8 Å². The zero-order valence-electron chi connectivity index (χ0n) is 6.18. The minimum absolute atomic E-state index is 0.487. The highest BCUT2D eigenvalue weighted by Gasteiger charge is 1.98. The van der Waals surface area contributed by atoms with Crippen molar-refractivity contribution < 1.29 is 0 Å². The highest BCUT2D eigenvalue weighted by atomic mass is 14.8. The van der Waals surface area contributed by atoms with Gasteiger partial charge in [-0.25, -0.2) is 4.98 Å². The first-order valence-electron chi connectivity index (χ1n) is 3.10.